The molecule has 2 unspecified atom stereocenters. The molecule has 1 amide bonds. The molecule has 0 aromatic carbocycles. The van der Waals surface area contributed by atoms with Crippen molar-refractivity contribution in [3.63, 3.8) is 0 Å². The zero-order chi connectivity index (χ0) is 16.6. The second-order valence-electron chi connectivity index (χ2n) is 6.28. The summed E-state index contributed by atoms with van der Waals surface area (Å²) < 4.78 is 0. The average molecular weight is 312 g/mol. The molecule has 0 saturated carbocycles. The van der Waals surface area contributed by atoms with Crippen molar-refractivity contribution >= 4 is 17.8 Å². The van der Waals surface area contributed by atoms with E-state index in [4.69, 9.17) is 17.2 Å². The molecule has 0 radical (unpaired) electrons. The zero-order valence-electron chi connectivity index (χ0n) is 12.8. The summed E-state index contributed by atoms with van der Waals surface area (Å²) in [6.45, 7) is 4.36. The van der Waals surface area contributed by atoms with Gasteiger partial charge in [-0.05, 0) is 12.3 Å². The molecule has 2 saturated heterocycles. The van der Waals surface area contributed by atoms with Crippen LogP contribution in [0.15, 0.2) is 4.99 Å². The largest absolute Gasteiger partial charge is 0.480 e. The van der Waals surface area contributed by atoms with Crippen LogP contribution in [0.3, 0.4) is 0 Å². The number of carbonyl (C=O) groups excluding carboxylic acids is 1. The number of nitrogens with one attached hydrogen (secondary N) is 1. The summed E-state index contributed by atoms with van der Waals surface area (Å²) in [5.74, 6) is -1.60. The van der Waals surface area contributed by atoms with E-state index in [-0.39, 0.29) is 30.0 Å². The molecule has 2 aliphatic heterocycles. The molecule has 124 valence electrons. The lowest BCUT2D eigenvalue weighted by molar-refractivity contribution is -0.143. The summed E-state index contributed by atoms with van der Waals surface area (Å²) in [7, 11) is 0. The van der Waals surface area contributed by atoms with Crippen molar-refractivity contribution in [2.45, 2.75) is 50.5 Å². The summed E-state index contributed by atoms with van der Waals surface area (Å²) in [5, 5.41) is 12.0. The molecule has 0 spiro atoms. The molecule has 2 rings (SSSR count). The molecule has 2 fully saturated rings. The SMILES string of the molecule is CC(C)[C@H](N)C(=O)NC(C(=O)O)[C@@H]1C[C@H](N=C(N)N)[C@@H]2CN12. The second-order valence-corrected chi connectivity index (χ2v) is 6.28. The van der Waals surface area contributed by atoms with Gasteiger partial charge in [-0.2, -0.15) is 0 Å². The Morgan fingerprint density at radius 3 is 2.50 bits per heavy atom. The molecule has 9 nitrogen and oxygen atoms in total. The first kappa shape index (κ1) is 16.5. The molecule has 2 heterocycles. The standard InChI is InChI=1S/C13H24N6O3/c1-5(2)9(14)11(20)18-10(12(21)22)7-3-6(17-13(15)16)8-4-19(7)8/h5-10H,3-4,14H2,1-2H3,(H,18,20)(H,21,22)(H4,15,16,17)/t6-,7-,8-,9-,10?,19?/m0/s1. The number of hydrogen-bond donors (Lipinski definition) is 5. The van der Waals surface area contributed by atoms with Crippen molar-refractivity contribution < 1.29 is 14.7 Å². The van der Waals surface area contributed by atoms with Gasteiger partial charge in [0.05, 0.1) is 12.1 Å². The molecule has 0 aromatic heterocycles. The van der Waals surface area contributed by atoms with E-state index in [1.165, 1.54) is 0 Å². The first-order valence-corrected chi connectivity index (χ1v) is 7.35. The topological polar surface area (TPSA) is 160 Å². The fourth-order valence-electron chi connectivity index (χ4n) is 2.97. The number of aliphatic imine (C=N–C) groups is 1. The van der Waals surface area contributed by atoms with Crippen molar-refractivity contribution in [2.75, 3.05) is 6.54 Å². The lowest BCUT2D eigenvalue weighted by Gasteiger charge is -2.25. The van der Waals surface area contributed by atoms with Crippen LogP contribution in [0.2, 0.25) is 0 Å². The number of nitrogens with two attached hydrogens (primary N) is 3. The van der Waals surface area contributed by atoms with E-state index >= 15 is 0 Å². The van der Waals surface area contributed by atoms with Crippen LogP contribution >= 0.6 is 0 Å². The Labute approximate surface area is 128 Å². The van der Waals surface area contributed by atoms with E-state index in [2.05, 4.69) is 10.3 Å². The fourth-order valence-corrected chi connectivity index (χ4v) is 2.97. The third-order valence-electron chi connectivity index (χ3n) is 4.33. The lowest BCUT2D eigenvalue weighted by Crippen LogP contribution is -2.55. The Bertz CT molecular complexity index is 490. The van der Waals surface area contributed by atoms with Gasteiger partial charge in [-0.1, -0.05) is 13.8 Å². The summed E-state index contributed by atoms with van der Waals surface area (Å²) in [6.07, 6.45) is 0.497. The third kappa shape index (κ3) is 3.30. The Morgan fingerprint density at radius 2 is 2.00 bits per heavy atom. The molecule has 2 aliphatic rings. The Kier molecular flexibility index (Phi) is 4.57. The Morgan fingerprint density at radius 1 is 1.36 bits per heavy atom. The molecule has 6 atom stereocenters. The number of piperidine rings is 1. The smallest absolute Gasteiger partial charge is 0.327 e. The highest BCUT2D eigenvalue weighted by molar-refractivity contribution is 5.87. The van der Waals surface area contributed by atoms with Gasteiger partial charge >= 0.3 is 5.97 Å². The summed E-state index contributed by atoms with van der Waals surface area (Å²) in [6, 6.07) is -2.03. The molecule has 0 bridgehead atoms. The van der Waals surface area contributed by atoms with Crippen molar-refractivity contribution in [3.05, 3.63) is 0 Å². The van der Waals surface area contributed by atoms with Gasteiger partial charge in [0.15, 0.2) is 5.96 Å². The van der Waals surface area contributed by atoms with Crippen molar-refractivity contribution in [3.8, 4) is 0 Å². The highest BCUT2D eigenvalue weighted by Gasteiger charge is 2.56. The molecule has 22 heavy (non-hydrogen) atoms. The van der Waals surface area contributed by atoms with Crippen LogP contribution in [0.5, 0.6) is 0 Å². The zero-order valence-corrected chi connectivity index (χ0v) is 12.8. The number of rotatable bonds is 6. The van der Waals surface area contributed by atoms with E-state index in [0.717, 1.165) is 6.54 Å². The maximum Gasteiger partial charge on any atom is 0.327 e. The van der Waals surface area contributed by atoms with E-state index in [1.54, 1.807) is 0 Å². The number of carboxylic acid groups (broad SMARTS) is 1. The number of guanidine groups is 1. The number of amides is 1. The number of carbonyl (C=O) groups is 2. The van der Waals surface area contributed by atoms with Crippen LogP contribution < -0.4 is 22.5 Å². The summed E-state index contributed by atoms with van der Waals surface area (Å²) in [5.41, 5.74) is 16.6. The number of aliphatic carboxylic acids is 1. The first-order chi connectivity index (χ1) is 10.2. The Balaban J connectivity index is 2.06. The van der Waals surface area contributed by atoms with Gasteiger partial charge in [0.1, 0.15) is 6.04 Å². The van der Waals surface area contributed by atoms with E-state index < -0.39 is 24.0 Å². The molecule has 0 aromatic rings. The van der Waals surface area contributed by atoms with Crippen molar-refractivity contribution in [1.82, 2.24) is 10.2 Å². The molecular formula is C13H24N6O3. The summed E-state index contributed by atoms with van der Waals surface area (Å²) in [4.78, 5) is 29.7. The number of hydrogen-bond acceptors (Lipinski definition) is 5. The predicted molar refractivity (Wildman–Crippen MR) is 80.9 cm³/mol. The van der Waals surface area contributed by atoms with E-state index in [1.807, 2.05) is 18.7 Å². The number of nitrogens with zero attached hydrogens (tertiary/aromatic N) is 2. The van der Waals surface area contributed by atoms with Gasteiger partial charge in [0.25, 0.3) is 0 Å². The minimum absolute atomic E-state index is 0.00441. The van der Waals surface area contributed by atoms with Crippen LogP contribution in [0.4, 0.5) is 0 Å². The average Bonchev–Trinajstić information content (AvgIpc) is 3.13. The highest BCUT2D eigenvalue weighted by atomic mass is 16.4. The number of carboxylic acids is 1. The van der Waals surface area contributed by atoms with E-state index in [0.29, 0.717) is 6.42 Å². The van der Waals surface area contributed by atoms with Gasteiger partial charge < -0.3 is 27.6 Å². The molecule has 9 heteroatoms. The third-order valence-corrected chi connectivity index (χ3v) is 4.33. The fraction of sp³-hybridized carbons (Fsp3) is 0.769. The second kappa shape index (κ2) is 6.09. The van der Waals surface area contributed by atoms with Crippen LogP contribution in [0.25, 0.3) is 0 Å². The van der Waals surface area contributed by atoms with Crippen LogP contribution in [-0.2, 0) is 9.59 Å². The number of fused-ring (bicyclic) bond motifs is 1. The molecule has 8 N–H and O–H groups in total. The van der Waals surface area contributed by atoms with E-state index in [9.17, 15) is 14.7 Å². The summed E-state index contributed by atoms with van der Waals surface area (Å²) >= 11 is 0. The van der Waals surface area contributed by atoms with Gasteiger partial charge in [0, 0.05) is 18.6 Å². The maximum absolute atomic E-state index is 12.1. The van der Waals surface area contributed by atoms with Crippen molar-refractivity contribution in [2.24, 2.45) is 28.1 Å². The van der Waals surface area contributed by atoms with Crippen LogP contribution in [0, 0.1) is 5.92 Å². The predicted octanol–water partition coefficient (Wildman–Crippen LogP) is -2.36. The van der Waals surface area contributed by atoms with Crippen LogP contribution in [-0.4, -0.2) is 64.6 Å². The molecular weight excluding hydrogens is 288 g/mol. The van der Waals surface area contributed by atoms with Crippen molar-refractivity contribution in [1.29, 1.82) is 0 Å². The van der Waals surface area contributed by atoms with Gasteiger partial charge in [0.2, 0.25) is 5.91 Å². The minimum Gasteiger partial charge on any atom is -0.480 e. The molecule has 0 aliphatic carbocycles. The maximum atomic E-state index is 12.1. The first-order valence-electron chi connectivity index (χ1n) is 7.35. The van der Waals surface area contributed by atoms with Gasteiger partial charge in [-0.3, -0.25) is 9.69 Å². The quantitative estimate of drug-likeness (QED) is 0.208. The normalized spacial score (nSPS) is 32.0. The Hall–Kier alpha value is -1.87. The highest BCUT2D eigenvalue weighted by Crippen LogP contribution is 2.39. The minimum atomic E-state index is -1.08. The van der Waals surface area contributed by atoms with Crippen LogP contribution in [0.1, 0.15) is 20.3 Å². The lowest BCUT2D eigenvalue weighted by atomic mass is 9.99. The monoisotopic (exact) mass is 312 g/mol. The van der Waals surface area contributed by atoms with Gasteiger partial charge in [-0.25, -0.2) is 9.79 Å². The van der Waals surface area contributed by atoms with Gasteiger partial charge in [-0.15, -0.1) is 0 Å².